The minimum Gasteiger partial charge on any atom is -0.298 e. The number of hydrogen-bond donors (Lipinski definition) is 0. The minimum absolute atomic E-state index is 0.0156. The van der Waals surface area contributed by atoms with Crippen molar-refractivity contribution < 1.29 is 4.79 Å². The predicted octanol–water partition coefficient (Wildman–Crippen LogP) is 2.78. The molecule has 1 aromatic rings. The molecular weight excluding hydrogens is 218 g/mol. The zero-order valence-electron chi connectivity index (χ0n) is 9.19. The molecule has 0 spiro atoms. The summed E-state index contributed by atoms with van der Waals surface area (Å²) in [6.07, 6.45) is 0.792. The molecule has 1 aliphatic heterocycles. The van der Waals surface area contributed by atoms with Crippen molar-refractivity contribution in [2.24, 2.45) is 0 Å². The van der Waals surface area contributed by atoms with E-state index in [9.17, 15) is 4.79 Å². The van der Waals surface area contributed by atoms with Gasteiger partial charge in [-0.1, -0.05) is 36.0 Å². The largest absolute Gasteiger partial charge is 0.298 e. The molecule has 0 saturated heterocycles. The Kier molecular flexibility index (Phi) is 2.88. The van der Waals surface area contributed by atoms with Crippen molar-refractivity contribution in [1.82, 2.24) is 4.90 Å². The number of carbonyl (C=O) groups is 1. The second-order valence-electron chi connectivity index (χ2n) is 4.01. The maximum Gasteiger partial charge on any atom is 0.259 e. The van der Waals surface area contributed by atoms with Crippen LogP contribution in [0.15, 0.2) is 36.4 Å². The zero-order chi connectivity index (χ0) is 11.7. The van der Waals surface area contributed by atoms with Gasteiger partial charge in [0.15, 0.2) is 0 Å². The summed E-state index contributed by atoms with van der Waals surface area (Å²) in [5, 5.41) is 0. The molecule has 1 heterocycles. The lowest BCUT2D eigenvalue weighted by molar-refractivity contribution is 0.0863. The second-order valence-corrected chi connectivity index (χ2v) is 4.40. The van der Waals surface area contributed by atoms with E-state index >= 15 is 0 Å². The average Bonchev–Trinajstić information content (AvgIpc) is 2.50. The van der Waals surface area contributed by atoms with Crippen LogP contribution in [0.2, 0.25) is 0 Å². The van der Waals surface area contributed by atoms with Gasteiger partial charge in [-0.15, -0.1) is 6.58 Å². The van der Waals surface area contributed by atoms with Crippen LogP contribution in [0, 0.1) is 0 Å². The van der Waals surface area contributed by atoms with Crippen LogP contribution in [-0.4, -0.2) is 22.3 Å². The van der Waals surface area contributed by atoms with Crippen LogP contribution in [0.1, 0.15) is 29.3 Å². The Balaban J connectivity index is 2.25. The molecule has 0 atom stereocenters. The van der Waals surface area contributed by atoms with Gasteiger partial charge in [0, 0.05) is 12.1 Å². The van der Waals surface area contributed by atoms with Crippen LogP contribution in [0.25, 0.3) is 0 Å². The van der Waals surface area contributed by atoms with Gasteiger partial charge in [-0.3, -0.25) is 9.69 Å². The van der Waals surface area contributed by atoms with E-state index in [1.165, 1.54) is 0 Å². The lowest BCUT2D eigenvalue weighted by Gasteiger charge is -2.15. The number of nitrogens with zero attached hydrogens (tertiary/aromatic N) is 1. The summed E-state index contributed by atoms with van der Waals surface area (Å²) in [6, 6.07) is 7.49. The van der Waals surface area contributed by atoms with E-state index in [2.05, 4.69) is 6.58 Å². The summed E-state index contributed by atoms with van der Waals surface area (Å²) in [5.41, 5.74) is 2.66. The van der Waals surface area contributed by atoms with Gasteiger partial charge in [0.1, 0.15) is 4.99 Å². The van der Waals surface area contributed by atoms with Gasteiger partial charge < -0.3 is 0 Å². The molecule has 0 bridgehead atoms. The first kappa shape index (κ1) is 11.0. The summed E-state index contributed by atoms with van der Waals surface area (Å²) in [5.74, 6) is 0.0156. The van der Waals surface area contributed by atoms with E-state index < -0.39 is 0 Å². The van der Waals surface area contributed by atoms with E-state index in [0.717, 1.165) is 17.6 Å². The van der Waals surface area contributed by atoms with E-state index in [-0.39, 0.29) is 5.91 Å². The number of benzene rings is 1. The highest BCUT2D eigenvalue weighted by Gasteiger charge is 2.31. The van der Waals surface area contributed by atoms with Crippen LogP contribution in [0.5, 0.6) is 0 Å². The molecule has 0 aromatic heterocycles. The van der Waals surface area contributed by atoms with Crippen molar-refractivity contribution in [3.63, 3.8) is 0 Å². The summed E-state index contributed by atoms with van der Waals surface area (Å²) >= 11 is 5.30. The van der Waals surface area contributed by atoms with Crippen molar-refractivity contribution in [3.05, 3.63) is 47.5 Å². The van der Waals surface area contributed by atoms with Crippen LogP contribution in [0.3, 0.4) is 0 Å². The van der Waals surface area contributed by atoms with Gasteiger partial charge in [0.2, 0.25) is 0 Å². The van der Waals surface area contributed by atoms with Crippen molar-refractivity contribution in [1.29, 1.82) is 0 Å². The number of rotatable bonds is 3. The maximum absolute atomic E-state index is 12.0. The van der Waals surface area contributed by atoms with Gasteiger partial charge in [-0.2, -0.15) is 0 Å². The molecule has 0 radical (unpaired) electrons. The van der Waals surface area contributed by atoms with Crippen molar-refractivity contribution in [2.75, 3.05) is 6.54 Å². The molecule has 2 nitrogen and oxygen atoms in total. The highest BCUT2D eigenvalue weighted by atomic mass is 32.1. The summed E-state index contributed by atoms with van der Waals surface area (Å²) < 4.78 is 0. The average molecular weight is 231 g/mol. The SMILES string of the molecule is C=C(C)CCN1C(=O)c2ccccc2C1=S. The quantitative estimate of drug-likeness (QED) is 0.589. The molecule has 0 aliphatic carbocycles. The number of carbonyl (C=O) groups excluding carboxylic acids is 1. The first-order chi connectivity index (χ1) is 7.61. The highest BCUT2D eigenvalue weighted by molar-refractivity contribution is 7.80. The summed E-state index contributed by atoms with van der Waals surface area (Å²) in [6.45, 7) is 6.42. The van der Waals surface area contributed by atoms with Gasteiger partial charge in [0.25, 0.3) is 5.91 Å². The lowest BCUT2D eigenvalue weighted by atomic mass is 10.1. The Labute approximate surface area is 101 Å². The van der Waals surface area contributed by atoms with Crippen LogP contribution < -0.4 is 0 Å². The van der Waals surface area contributed by atoms with Gasteiger partial charge in [-0.05, 0) is 19.4 Å². The van der Waals surface area contributed by atoms with E-state index in [1.54, 1.807) is 4.90 Å². The molecule has 0 saturated carbocycles. The third-order valence-corrected chi connectivity index (χ3v) is 3.08. The van der Waals surface area contributed by atoms with E-state index in [1.807, 2.05) is 31.2 Å². The Bertz CT molecular complexity index is 444. The Morgan fingerprint density at radius 1 is 1.38 bits per heavy atom. The number of fused-ring (bicyclic) bond motifs is 1. The third kappa shape index (κ3) is 1.78. The fraction of sp³-hybridized carbons (Fsp3) is 0.231. The van der Waals surface area contributed by atoms with Crippen molar-refractivity contribution >= 4 is 23.1 Å². The molecule has 82 valence electrons. The number of amides is 1. The van der Waals surface area contributed by atoms with Crippen LogP contribution in [-0.2, 0) is 0 Å². The Morgan fingerprint density at radius 2 is 2.00 bits per heavy atom. The fourth-order valence-electron chi connectivity index (χ4n) is 1.74. The summed E-state index contributed by atoms with van der Waals surface area (Å²) in [4.78, 5) is 14.3. The normalized spacial score (nSPS) is 14.2. The molecule has 16 heavy (non-hydrogen) atoms. The molecule has 1 amide bonds. The molecule has 2 rings (SSSR count). The van der Waals surface area contributed by atoms with Crippen LogP contribution >= 0.6 is 12.2 Å². The topological polar surface area (TPSA) is 20.3 Å². The predicted molar refractivity (Wildman–Crippen MR) is 68.6 cm³/mol. The molecule has 1 aromatic carbocycles. The molecule has 0 unspecified atom stereocenters. The highest BCUT2D eigenvalue weighted by Crippen LogP contribution is 2.23. The molecule has 0 N–H and O–H groups in total. The van der Waals surface area contributed by atoms with Gasteiger partial charge >= 0.3 is 0 Å². The Morgan fingerprint density at radius 3 is 2.56 bits per heavy atom. The maximum atomic E-state index is 12.0. The number of hydrogen-bond acceptors (Lipinski definition) is 2. The molecular formula is C13H13NOS. The van der Waals surface area contributed by atoms with E-state index in [4.69, 9.17) is 12.2 Å². The van der Waals surface area contributed by atoms with Gasteiger partial charge in [-0.25, -0.2) is 0 Å². The molecule has 0 fully saturated rings. The summed E-state index contributed by atoms with van der Waals surface area (Å²) in [7, 11) is 0. The monoisotopic (exact) mass is 231 g/mol. The molecule has 3 heteroatoms. The smallest absolute Gasteiger partial charge is 0.259 e. The second kappa shape index (κ2) is 4.18. The lowest BCUT2D eigenvalue weighted by Crippen LogP contribution is -2.30. The first-order valence-electron chi connectivity index (χ1n) is 5.21. The van der Waals surface area contributed by atoms with E-state index in [0.29, 0.717) is 17.1 Å². The molecule has 1 aliphatic rings. The van der Waals surface area contributed by atoms with Crippen molar-refractivity contribution in [2.45, 2.75) is 13.3 Å². The van der Waals surface area contributed by atoms with Crippen LogP contribution in [0.4, 0.5) is 0 Å². The standard InChI is InChI=1S/C13H13NOS/c1-9(2)7-8-14-12(15)10-5-3-4-6-11(10)13(14)16/h3-6H,1,7-8H2,2H3. The first-order valence-corrected chi connectivity index (χ1v) is 5.61. The Hall–Kier alpha value is -1.48. The number of thiocarbonyl (C=S) groups is 1. The fourth-order valence-corrected chi connectivity index (χ4v) is 2.10. The zero-order valence-corrected chi connectivity index (χ0v) is 10.0. The van der Waals surface area contributed by atoms with Gasteiger partial charge in [0.05, 0.1) is 5.56 Å². The minimum atomic E-state index is 0.0156. The van der Waals surface area contributed by atoms with Crippen molar-refractivity contribution in [3.8, 4) is 0 Å². The third-order valence-electron chi connectivity index (χ3n) is 2.64.